The van der Waals surface area contributed by atoms with Gasteiger partial charge in [0.1, 0.15) is 0 Å². The van der Waals surface area contributed by atoms with Crippen molar-refractivity contribution in [1.29, 1.82) is 0 Å². The summed E-state index contributed by atoms with van der Waals surface area (Å²) < 4.78 is 22.8. The van der Waals surface area contributed by atoms with Gasteiger partial charge in [0, 0.05) is 24.3 Å². The number of carbonyl (C=O) groups excluding carboxylic acids is 1. The van der Waals surface area contributed by atoms with Gasteiger partial charge < -0.3 is 4.90 Å². The minimum absolute atomic E-state index is 0.107. The average molecular weight is 290 g/mol. The largest absolute Gasteiger partial charge is 0.341 e. The van der Waals surface area contributed by atoms with E-state index in [0.29, 0.717) is 12.5 Å². The lowest BCUT2D eigenvalue weighted by Crippen LogP contribution is -2.31. The van der Waals surface area contributed by atoms with Crippen LogP contribution >= 0.6 is 10.7 Å². The van der Waals surface area contributed by atoms with Gasteiger partial charge in [-0.15, -0.1) is 0 Å². The first-order chi connectivity index (χ1) is 8.23. The summed E-state index contributed by atoms with van der Waals surface area (Å²) in [5, 5.41) is 0. The molecule has 1 rings (SSSR count). The van der Waals surface area contributed by atoms with Gasteiger partial charge in [-0.3, -0.25) is 4.79 Å². The number of hydrogen-bond acceptors (Lipinski definition) is 3. The van der Waals surface area contributed by atoms with E-state index < -0.39 is 9.05 Å². The van der Waals surface area contributed by atoms with E-state index in [1.165, 1.54) is 23.1 Å². The predicted molar refractivity (Wildman–Crippen MR) is 71.3 cm³/mol. The van der Waals surface area contributed by atoms with Crippen molar-refractivity contribution in [3.8, 4) is 0 Å². The Balaban J connectivity index is 3.14. The summed E-state index contributed by atoms with van der Waals surface area (Å²) in [6.45, 7) is 4.51. The molecule has 0 radical (unpaired) electrons. The van der Waals surface area contributed by atoms with Crippen molar-refractivity contribution < 1.29 is 13.2 Å². The van der Waals surface area contributed by atoms with Gasteiger partial charge in [0.25, 0.3) is 15.0 Å². The lowest BCUT2D eigenvalue weighted by molar-refractivity contribution is 0.0775. The number of halogens is 1. The van der Waals surface area contributed by atoms with E-state index in [-0.39, 0.29) is 16.4 Å². The number of benzene rings is 1. The highest BCUT2D eigenvalue weighted by molar-refractivity contribution is 8.13. The molecule has 0 N–H and O–H groups in total. The van der Waals surface area contributed by atoms with Crippen molar-refractivity contribution in [2.24, 2.45) is 5.92 Å². The van der Waals surface area contributed by atoms with Gasteiger partial charge in [-0.1, -0.05) is 26.0 Å². The van der Waals surface area contributed by atoms with Crippen LogP contribution in [0.15, 0.2) is 29.2 Å². The van der Waals surface area contributed by atoms with E-state index in [1.807, 2.05) is 13.8 Å². The molecule has 0 aromatic heterocycles. The molecule has 0 aliphatic carbocycles. The Kier molecular flexibility index (Phi) is 4.76. The molecule has 1 aromatic rings. The molecule has 0 fully saturated rings. The Morgan fingerprint density at radius 1 is 1.33 bits per heavy atom. The molecule has 1 aromatic carbocycles. The van der Waals surface area contributed by atoms with Crippen LogP contribution in [0.25, 0.3) is 0 Å². The van der Waals surface area contributed by atoms with E-state index in [1.54, 1.807) is 13.1 Å². The zero-order chi connectivity index (χ0) is 13.9. The normalized spacial score (nSPS) is 11.6. The predicted octanol–water partition coefficient (Wildman–Crippen LogP) is 2.34. The molecule has 0 bridgehead atoms. The monoisotopic (exact) mass is 289 g/mol. The first kappa shape index (κ1) is 15.0. The zero-order valence-electron chi connectivity index (χ0n) is 10.6. The third kappa shape index (κ3) is 3.71. The smallest absolute Gasteiger partial charge is 0.262 e. The maximum atomic E-state index is 12.2. The molecule has 0 saturated carbocycles. The highest BCUT2D eigenvalue weighted by Crippen LogP contribution is 2.21. The van der Waals surface area contributed by atoms with Crippen LogP contribution in [0.1, 0.15) is 24.2 Å². The molecule has 0 aliphatic rings. The maximum Gasteiger partial charge on any atom is 0.262 e. The van der Waals surface area contributed by atoms with Crippen LogP contribution in [-0.2, 0) is 9.05 Å². The number of hydrogen-bond donors (Lipinski definition) is 0. The number of nitrogens with zero attached hydrogens (tertiary/aromatic N) is 1. The molecular formula is C12H16ClNO3S. The first-order valence-electron chi connectivity index (χ1n) is 5.52. The van der Waals surface area contributed by atoms with Crippen LogP contribution in [-0.4, -0.2) is 32.8 Å². The lowest BCUT2D eigenvalue weighted by atomic mass is 10.1. The summed E-state index contributed by atoms with van der Waals surface area (Å²) in [7, 11) is 3.04. The van der Waals surface area contributed by atoms with Crippen molar-refractivity contribution in [3.05, 3.63) is 29.8 Å². The third-order valence-electron chi connectivity index (χ3n) is 2.37. The van der Waals surface area contributed by atoms with Gasteiger partial charge in [-0.25, -0.2) is 8.42 Å². The van der Waals surface area contributed by atoms with Crippen molar-refractivity contribution >= 4 is 25.6 Å². The Morgan fingerprint density at radius 3 is 2.39 bits per heavy atom. The van der Waals surface area contributed by atoms with Crippen molar-refractivity contribution in [1.82, 2.24) is 4.90 Å². The quantitative estimate of drug-likeness (QED) is 0.800. The first-order valence-corrected chi connectivity index (χ1v) is 7.83. The number of rotatable bonds is 4. The lowest BCUT2D eigenvalue weighted by Gasteiger charge is -2.20. The van der Waals surface area contributed by atoms with E-state index >= 15 is 0 Å². The van der Waals surface area contributed by atoms with Gasteiger partial charge in [0.2, 0.25) is 0 Å². The molecule has 100 valence electrons. The van der Waals surface area contributed by atoms with Gasteiger partial charge in [0.15, 0.2) is 0 Å². The molecule has 0 spiro atoms. The highest BCUT2D eigenvalue weighted by Gasteiger charge is 2.22. The summed E-state index contributed by atoms with van der Waals surface area (Å²) >= 11 is 0. The van der Waals surface area contributed by atoms with Gasteiger partial charge in [0.05, 0.1) is 10.5 Å². The molecule has 1 amide bonds. The van der Waals surface area contributed by atoms with Crippen molar-refractivity contribution in [2.45, 2.75) is 18.7 Å². The summed E-state index contributed by atoms with van der Waals surface area (Å²) in [4.78, 5) is 13.5. The second-order valence-electron chi connectivity index (χ2n) is 4.51. The highest BCUT2D eigenvalue weighted by atomic mass is 35.7. The second-order valence-corrected chi connectivity index (χ2v) is 7.05. The topological polar surface area (TPSA) is 54.5 Å². The molecule has 4 nitrogen and oxygen atoms in total. The Labute approximate surface area is 112 Å². The van der Waals surface area contributed by atoms with Gasteiger partial charge >= 0.3 is 0 Å². The Morgan fingerprint density at radius 2 is 1.89 bits per heavy atom. The molecule has 6 heteroatoms. The van der Waals surface area contributed by atoms with Crippen LogP contribution in [0.5, 0.6) is 0 Å². The minimum atomic E-state index is -3.92. The van der Waals surface area contributed by atoms with Gasteiger partial charge in [-0.05, 0) is 18.1 Å². The summed E-state index contributed by atoms with van der Waals surface area (Å²) in [5.41, 5.74) is 0.107. The molecule has 0 aliphatic heterocycles. The summed E-state index contributed by atoms with van der Waals surface area (Å²) in [6.07, 6.45) is 0. The Bertz CT molecular complexity index is 540. The second kappa shape index (κ2) is 5.71. The van der Waals surface area contributed by atoms with E-state index in [0.717, 1.165) is 0 Å². The molecular weight excluding hydrogens is 274 g/mol. The standard InChI is InChI=1S/C12H16ClNO3S/c1-9(2)8-14(3)12(15)10-6-4-5-7-11(10)18(13,16)17/h4-7,9H,8H2,1-3H3. The van der Waals surface area contributed by atoms with Crippen LogP contribution in [0.4, 0.5) is 0 Å². The molecule has 0 saturated heterocycles. The van der Waals surface area contributed by atoms with Crippen molar-refractivity contribution in [2.75, 3.05) is 13.6 Å². The number of amides is 1. The fourth-order valence-corrected chi connectivity index (χ4v) is 2.75. The van der Waals surface area contributed by atoms with Crippen molar-refractivity contribution in [3.63, 3.8) is 0 Å². The SMILES string of the molecule is CC(C)CN(C)C(=O)c1ccccc1S(=O)(=O)Cl. The van der Waals surface area contributed by atoms with E-state index in [2.05, 4.69) is 0 Å². The maximum absolute atomic E-state index is 12.2. The van der Waals surface area contributed by atoms with E-state index in [4.69, 9.17) is 10.7 Å². The minimum Gasteiger partial charge on any atom is -0.341 e. The fourth-order valence-electron chi connectivity index (χ4n) is 1.69. The van der Waals surface area contributed by atoms with Crippen LogP contribution in [0.3, 0.4) is 0 Å². The van der Waals surface area contributed by atoms with Crippen LogP contribution in [0.2, 0.25) is 0 Å². The summed E-state index contributed by atoms with van der Waals surface area (Å²) in [6, 6.07) is 5.95. The molecule has 0 heterocycles. The van der Waals surface area contributed by atoms with E-state index in [9.17, 15) is 13.2 Å². The molecule has 0 unspecified atom stereocenters. The molecule has 0 atom stereocenters. The third-order valence-corrected chi connectivity index (χ3v) is 3.75. The number of carbonyl (C=O) groups is 1. The average Bonchev–Trinajstić information content (AvgIpc) is 2.26. The zero-order valence-corrected chi connectivity index (χ0v) is 12.1. The van der Waals surface area contributed by atoms with Crippen LogP contribution in [0, 0.1) is 5.92 Å². The molecule has 18 heavy (non-hydrogen) atoms. The Hall–Kier alpha value is -1.07. The van der Waals surface area contributed by atoms with Gasteiger partial charge in [-0.2, -0.15) is 0 Å². The van der Waals surface area contributed by atoms with Crippen LogP contribution < -0.4 is 0 Å². The fraction of sp³-hybridized carbons (Fsp3) is 0.417. The summed E-state index contributed by atoms with van der Waals surface area (Å²) in [5.74, 6) is -0.0396.